The Kier molecular flexibility index (Phi) is 40.7. The lowest BCUT2D eigenvalue weighted by Crippen LogP contribution is -2.43. The molecule has 0 aromatic rings. The summed E-state index contributed by atoms with van der Waals surface area (Å²) in [6.45, 7) is 2.56. The quantitative estimate of drug-likeness (QED) is 0.0200. The molecule has 344 valence electrons. The number of ether oxygens (including phenoxy) is 1. The van der Waals surface area contributed by atoms with E-state index in [1.165, 1.54) is 116 Å². The predicted octanol–water partition coefficient (Wildman–Crippen LogP) is 12.4. The molecule has 0 fully saturated rings. The van der Waals surface area contributed by atoms with Gasteiger partial charge < -0.3 is 25.2 Å². The number of phosphoric ester groups is 1. The van der Waals surface area contributed by atoms with Crippen LogP contribution in [0.4, 0.5) is 0 Å². The summed E-state index contributed by atoms with van der Waals surface area (Å²) in [7, 11) is -4.75. The van der Waals surface area contributed by atoms with Gasteiger partial charge in [0.2, 0.25) is 5.91 Å². The lowest BCUT2D eigenvalue weighted by Gasteiger charge is -2.18. The monoisotopic (exact) mass is 856 g/mol. The molecule has 0 saturated carbocycles. The third-order valence-corrected chi connectivity index (χ3v) is 11.1. The second-order valence-electron chi connectivity index (χ2n) is 15.9. The first kappa shape index (κ1) is 56.7. The van der Waals surface area contributed by atoms with Crippen LogP contribution < -0.4 is 5.32 Å². The van der Waals surface area contributed by atoms with Gasteiger partial charge in [-0.3, -0.25) is 18.6 Å². The first-order valence-corrected chi connectivity index (χ1v) is 25.0. The molecule has 11 nitrogen and oxygen atoms in total. The maximum atomic E-state index is 12.3. The molecular weight excluding hydrogens is 769 g/mol. The second-order valence-corrected chi connectivity index (χ2v) is 17.4. The number of carbonyl (C=O) groups excluding carboxylic acids is 2. The normalized spacial score (nSPS) is 14.0. The van der Waals surface area contributed by atoms with E-state index in [-0.39, 0.29) is 12.8 Å². The van der Waals surface area contributed by atoms with E-state index in [0.717, 1.165) is 57.8 Å². The molecule has 3 atom stereocenters. The van der Waals surface area contributed by atoms with E-state index >= 15 is 0 Å². The predicted molar refractivity (Wildman–Crippen MR) is 240 cm³/mol. The van der Waals surface area contributed by atoms with Gasteiger partial charge in [0.1, 0.15) is 12.7 Å². The minimum absolute atomic E-state index is 0.148. The van der Waals surface area contributed by atoms with Crippen LogP contribution in [0.1, 0.15) is 213 Å². The van der Waals surface area contributed by atoms with Gasteiger partial charge in [-0.1, -0.05) is 185 Å². The van der Waals surface area contributed by atoms with Crippen molar-refractivity contribution >= 4 is 25.7 Å². The fourth-order valence-corrected chi connectivity index (χ4v) is 7.27. The number of carboxylic acid groups (broad SMARTS) is 1. The Morgan fingerprint density at radius 2 is 0.932 bits per heavy atom. The Balaban J connectivity index is 3.82. The minimum atomic E-state index is -4.75. The highest BCUT2D eigenvalue weighted by atomic mass is 31.2. The Morgan fingerprint density at radius 1 is 0.542 bits per heavy atom. The fraction of sp³-hybridized carbons (Fsp3) is 0.809. The Hall–Kier alpha value is -2.30. The number of hydrogen-bond acceptors (Lipinski definition) is 8. The highest BCUT2D eigenvalue weighted by molar-refractivity contribution is 7.47. The number of unbranched alkanes of at least 4 members (excludes halogenated alkanes) is 24. The molecule has 12 heteroatoms. The largest absolute Gasteiger partial charge is 0.480 e. The maximum absolute atomic E-state index is 12.3. The number of carboxylic acids is 1. The smallest absolute Gasteiger partial charge is 0.472 e. The highest BCUT2D eigenvalue weighted by Crippen LogP contribution is 2.43. The van der Waals surface area contributed by atoms with Crippen LogP contribution in [0.25, 0.3) is 0 Å². The van der Waals surface area contributed by atoms with Crippen molar-refractivity contribution in [2.75, 3.05) is 19.8 Å². The molecule has 1 amide bonds. The fourth-order valence-electron chi connectivity index (χ4n) is 6.50. The molecule has 0 rings (SSSR count). The molecule has 59 heavy (non-hydrogen) atoms. The summed E-state index contributed by atoms with van der Waals surface area (Å²) in [5, 5.41) is 21.8. The summed E-state index contributed by atoms with van der Waals surface area (Å²) in [5.74, 6) is -2.37. The summed E-state index contributed by atoms with van der Waals surface area (Å²) in [5.41, 5.74) is 0. The van der Waals surface area contributed by atoms with E-state index in [1.54, 1.807) is 0 Å². The molecule has 0 spiro atoms. The van der Waals surface area contributed by atoms with Crippen molar-refractivity contribution in [2.45, 2.75) is 225 Å². The van der Waals surface area contributed by atoms with Gasteiger partial charge in [0.25, 0.3) is 0 Å². The van der Waals surface area contributed by atoms with Crippen molar-refractivity contribution in [1.82, 2.24) is 5.32 Å². The van der Waals surface area contributed by atoms with Crippen LogP contribution in [0.3, 0.4) is 0 Å². The van der Waals surface area contributed by atoms with Crippen LogP contribution >= 0.6 is 7.82 Å². The molecule has 4 N–H and O–H groups in total. The van der Waals surface area contributed by atoms with Crippen molar-refractivity contribution in [3.05, 3.63) is 36.5 Å². The molecule has 0 aromatic carbocycles. The van der Waals surface area contributed by atoms with Gasteiger partial charge >= 0.3 is 19.8 Å². The zero-order valence-electron chi connectivity index (χ0n) is 37.3. The molecule has 0 aliphatic carbocycles. The van der Waals surface area contributed by atoms with Crippen LogP contribution in [0, 0.1) is 0 Å². The minimum Gasteiger partial charge on any atom is -0.480 e. The third-order valence-electron chi connectivity index (χ3n) is 10.2. The number of esters is 1. The zero-order chi connectivity index (χ0) is 43.5. The molecule has 0 bridgehead atoms. The van der Waals surface area contributed by atoms with Crippen molar-refractivity contribution in [1.29, 1.82) is 0 Å². The number of allylic oxidation sites excluding steroid dienone is 6. The number of phosphoric acid groups is 1. The molecule has 3 unspecified atom stereocenters. The number of aliphatic hydroxyl groups excluding tert-OH is 1. The number of nitrogens with one attached hydrogen (secondary N) is 1. The van der Waals surface area contributed by atoms with E-state index in [4.69, 9.17) is 13.8 Å². The average molecular weight is 856 g/mol. The van der Waals surface area contributed by atoms with E-state index in [1.807, 2.05) is 0 Å². The van der Waals surface area contributed by atoms with Gasteiger partial charge in [-0.2, -0.15) is 0 Å². The Labute approximate surface area is 359 Å². The number of amides is 1. The lowest BCUT2D eigenvalue weighted by molar-refractivity contribution is -0.147. The van der Waals surface area contributed by atoms with Crippen molar-refractivity contribution in [2.24, 2.45) is 0 Å². The second kappa shape index (κ2) is 42.4. The Morgan fingerprint density at radius 3 is 1.42 bits per heavy atom. The zero-order valence-corrected chi connectivity index (χ0v) is 38.2. The molecule has 0 aliphatic rings. The standard InChI is InChI=1S/C47H86NO10P/c1-3-5-7-9-11-13-15-17-18-19-20-21-22-23-24-25-26-27-29-31-33-35-37-39-46(51)56-40-43(49)41-57-59(54,55)58-42-44(47(52)53)48-45(50)38-36-34-32-30-28-16-14-12-10-8-6-4-2/h11,13,17-18,20-21,43-44,49H,3-10,12,14-16,19,22-42H2,1-2H3,(H,48,50)(H,52,53)(H,54,55)/b13-11-,18-17-,21-20-. The van der Waals surface area contributed by atoms with Crippen LogP contribution in [0.15, 0.2) is 36.5 Å². The number of carbonyl (C=O) groups is 3. The Bertz CT molecular complexity index is 1140. The van der Waals surface area contributed by atoms with Crippen LogP contribution in [-0.4, -0.2) is 64.9 Å². The van der Waals surface area contributed by atoms with Crippen LogP contribution in [-0.2, 0) is 32.7 Å². The molecule has 0 heterocycles. The number of aliphatic hydroxyl groups is 1. The number of rotatable bonds is 44. The van der Waals surface area contributed by atoms with Crippen molar-refractivity contribution in [3.8, 4) is 0 Å². The van der Waals surface area contributed by atoms with E-state index < -0.39 is 57.6 Å². The first-order valence-electron chi connectivity index (χ1n) is 23.5. The van der Waals surface area contributed by atoms with Gasteiger partial charge in [-0.15, -0.1) is 0 Å². The summed E-state index contributed by atoms with van der Waals surface area (Å²) in [4.78, 5) is 45.9. The van der Waals surface area contributed by atoms with Gasteiger partial charge in [0.05, 0.1) is 13.2 Å². The summed E-state index contributed by atoms with van der Waals surface area (Å²) >= 11 is 0. The molecule has 0 aromatic heterocycles. The number of hydrogen-bond donors (Lipinski definition) is 4. The van der Waals surface area contributed by atoms with Crippen molar-refractivity contribution < 1.29 is 47.8 Å². The van der Waals surface area contributed by atoms with Crippen LogP contribution in [0.5, 0.6) is 0 Å². The summed E-state index contributed by atoms with van der Waals surface area (Å²) < 4.78 is 26.9. The molecule has 0 saturated heterocycles. The van der Waals surface area contributed by atoms with E-state index in [0.29, 0.717) is 12.8 Å². The van der Waals surface area contributed by atoms with E-state index in [9.17, 15) is 34.1 Å². The molecule has 0 radical (unpaired) electrons. The molecular formula is C47H86NO10P. The van der Waals surface area contributed by atoms with Gasteiger partial charge in [0, 0.05) is 12.8 Å². The maximum Gasteiger partial charge on any atom is 0.472 e. The number of aliphatic carboxylic acids is 1. The highest BCUT2D eigenvalue weighted by Gasteiger charge is 2.28. The summed E-state index contributed by atoms with van der Waals surface area (Å²) in [6, 6.07) is -1.54. The van der Waals surface area contributed by atoms with Gasteiger partial charge in [-0.05, 0) is 51.4 Å². The van der Waals surface area contributed by atoms with Gasteiger partial charge in [-0.25, -0.2) is 9.36 Å². The van der Waals surface area contributed by atoms with E-state index in [2.05, 4.69) is 55.6 Å². The lowest BCUT2D eigenvalue weighted by atomic mass is 10.0. The topological polar surface area (TPSA) is 169 Å². The summed E-state index contributed by atoms with van der Waals surface area (Å²) in [6.07, 6.45) is 46.0. The third kappa shape index (κ3) is 42.2. The van der Waals surface area contributed by atoms with Crippen LogP contribution in [0.2, 0.25) is 0 Å². The first-order chi connectivity index (χ1) is 28.6. The SMILES string of the molecule is CCCCC/C=C\C/C=C\C/C=C\CCCCCCCCCCCCC(=O)OCC(O)COP(=O)(O)OCC(NC(=O)CCCCCCCCCCCCCC)C(=O)O. The van der Waals surface area contributed by atoms with Gasteiger partial charge in [0.15, 0.2) is 6.04 Å². The van der Waals surface area contributed by atoms with Crippen molar-refractivity contribution in [3.63, 3.8) is 0 Å². The molecule has 0 aliphatic heterocycles. The average Bonchev–Trinajstić information content (AvgIpc) is 3.21.